The third kappa shape index (κ3) is 5.17. The second kappa shape index (κ2) is 8.80. The van der Waals surface area contributed by atoms with Crippen molar-refractivity contribution in [2.75, 3.05) is 24.3 Å². The number of ether oxygens (including phenoxy) is 1. The molecule has 6 heteroatoms. The van der Waals surface area contributed by atoms with Gasteiger partial charge in [0.2, 0.25) is 5.95 Å². The molecule has 2 aromatic carbocycles. The van der Waals surface area contributed by atoms with E-state index in [0.29, 0.717) is 12.5 Å². The molecule has 0 aliphatic rings. The van der Waals surface area contributed by atoms with E-state index in [1.807, 2.05) is 24.3 Å². The van der Waals surface area contributed by atoms with E-state index in [0.717, 1.165) is 30.1 Å². The summed E-state index contributed by atoms with van der Waals surface area (Å²) in [5, 5.41) is 6.44. The third-order valence-electron chi connectivity index (χ3n) is 3.87. The van der Waals surface area contributed by atoms with Crippen LogP contribution in [-0.4, -0.2) is 23.6 Å². The molecular formula is C20H21FN4O. The highest BCUT2D eigenvalue weighted by atomic mass is 19.1. The minimum atomic E-state index is -0.243. The molecule has 0 saturated carbocycles. The Morgan fingerprint density at radius 3 is 2.65 bits per heavy atom. The highest BCUT2D eigenvalue weighted by Crippen LogP contribution is 2.13. The Bertz CT molecular complexity index is 839. The van der Waals surface area contributed by atoms with E-state index in [1.165, 1.54) is 17.7 Å². The number of anilines is 2. The number of halogens is 1. The number of hydrogen-bond acceptors (Lipinski definition) is 5. The normalized spacial score (nSPS) is 10.4. The lowest BCUT2D eigenvalue weighted by Crippen LogP contribution is -2.09. The molecule has 2 N–H and O–H groups in total. The van der Waals surface area contributed by atoms with Crippen LogP contribution in [0.15, 0.2) is 60.8 Å². The molecule has 3 aromatic rings. The predicted molar refractivity (Wildman–Crippen MR) is 101 cm³/mol. The molecule has 0 unspecified atom stereocenters. The molecule has 0 fully saturated rings. The smallest absolute Gasteiger partial charge is 0.224 e. The summed E-state index contributed by atoms with van der Waals surface area (Å²) in [6, 6.07) is 16.2. The van der Waals surface area contributed by atoms with Crippen molar-refractivity contribution in [3.63, 3.8) is 0 Å². The molecular weight excluding hydrogens is 331 g/mol. The average Bonchev–Trinajstić information content (AvgIpc) is 2.68. The van der Waals surface area contributed by atoms with E-state index in [-0.39, 0.29) is 5.82 Å². The summed E-state index contributed by atoms with van der Waals surface area (Å²) in [5.41, 5.74) is 2.16. The van der Waals surface area contributed by atoms with Gasteiger partial charge in [0.1, 0.15) is 17.4 Å². The van der Waals surface area contributed by atoms with Crippen molar-refractivity contribution in [2.24, 2.45) is 0 Å². The van der Waals surface area contributed by atoms with Gasteiger partial charge in [-0.2, -0.15) is 4.98 Å². The summed E-state index contributed by atoms with van der Waals surface area (Å²) in [7, 11) is 1.67. The molecule has 0 saturated heterocycles. The average molecular weight is 352 g/mol. The summed E-state index contributed by atoms with van der Waals surface area (Å²) in [4.78, 5) is 8.65. The van der Waals surface area contributed by atoms with Gasteiger partial charge in [-0.05, 0) is 47.9 Å². The van der Waals surface area contributed by atoms with Gasteiger partial charge in [-0.15, -0.1) is 0 Å². The Hall–Kier alpha value is -3.15. The van der Waals surface area contributed by atoms with E-state index < -0.39 is 0 Å². The lowest BCUT2D eigenvalue weighted by atomic mass is 10.1. The van der Waals surface area contributed by atoms with Gasteiger partial charge >= 0.3 is 0 Å². The van der Waals surface area contributed by atoms with E-state index in [4.69, 9.17) is 4.74 Å². The first kappa shape index (κ1) is 17.7. The Balaban J connectivity index is 1.51. The number of methoxy groups -OCH3 is 1. The van der Waals surface area contributed by atoms with Crippen LogP contribution in [0, 0.1) is 5.82 Å². The minimum Gasteiger partial charge on any atom is -0.497 e. The molecule has 0 spiro atoms. The number of rotatable bonds is 8. The molecule has 1 heterocycles. The summed E-state index contributed by atoms with van der Waals surface area (Å²) in [5.74, 6) is 1.90. The first-order chi connectivity index (χ1) is 12.7. The molecule has 0 radical (unpaired) electrons. The van der Waals surface area contributed by atoms with Gasteiger partial charge in [0.15, 0.2) is 0 Å². The van der Waals surface area contributed by atoms with Crippen molar-refractivity contribution in [1.29, 1.82) is 0 Å². The van der Waals surface area contributed by atoms with Crippen LogP contribution in [0.1, 0.15) is 11.1 Å². The second-order valence-electron chi connectivity index (χ2n) is 5.77. The van der Waals surface area contributed by atoms with E-state index >= 15 is 0 Å². The standard InChI is InChI=1S/C20H21FN4O/c1-26-18-4-2-3-15(13-18)9-11-22-19-10-12-23-20(25-19)24-14-16-5-7-17(21)8-6-16/h2-8,10,12-13H,9,11,14H2,1H3,(H2,22,23,24,25). The molecule has 134 valence electrons. The van der Waals surface area contributed by atoms with Crippen LogP contribution in [0.4, 0.5) is 16.2 Å². The van der Waals surface area contributed by atoms with Crippen molar-refractivity contribution < 1.29 is 9.13 Å². The monoisotopic (exact) mass is 352 g/mol. The molecule has 0 bridgehead atoms. The zero-order valence-corrected chi connectivity index (χ0v) is 14.6. The molecule has 1 aromatic heterocycles. The zero-order valence-electron chi connectivity index (χ0n) is 14.6. The highest BCUT2D eigenvalue weighted by Gasteiger charge is 2.01. The number of hydrogen-bond donors (Lipinski definition) is 2. The predicted octanol–water partition coefficient (Wildman–Crippen LogP) is 3.89. The lowest BCUT2D eigenvalue weighted by Gasteiger charge is -2.09. The number of nitrogens with zero attached hydrogens (tertiary/aromatic N) is 2. The summed E-state index contributed by atoms with van der Waals surface area (Å²) in [6.45, 7) is 1.29. The fourth-order valence-electron chi connectivity index (χ4n) is 2.49. The topological polar surface area (TPSA) is 59.1 Å². The molecule has 26 heavy (non-hydrogen) atoms. The van der Waals surface area contributed by atoms with Crippen LogP contribution in [0.5, 0.6) is 5.75 Å². The maximum atomic E-state index is 12.9. The van der Waals surface area contributed by atoms with E-state index in [2.05, 4.69) is 26.7 Å². The zero-order chi connectivity index (χ0) is 18.2. The van der Waals surface area contributed by atoms with Crippen molar-refractivity contribution in [3.05, 3.63) is 77.7 Å². The van der Waals surface area contributed by atoms with Crippen LogP contribution >= 0.6 is 0 Å². The fraction of sp³-hybridized carbons (Fsp3) is 0.200. The van der Waals surface area contributed by atoms with Gasteiger partial charge in [0.25, 0.3) is 0 Å². The quantitative estimate of drug-likeness (QED) is 0.644. The van der Waals surface area contributed by atoms with Gasteiger partial charge in [0.05, 0.1) is 7.11 Å². The van der Waals surface area contributed by atoms with Gasteiger partial charge in [-0.3, -0.25) is 0 Å². The molecule has 0 amide bonds. The molecule has 0 aliphatic heterocycles. The van der Waals surface area contributed by atoms with Crippen LogP contribution in [0.2, 0.25) is 0 Å². The van der Waals surface area contributed by atoms with Crippen molar-refractivity contribution >= 4 is 11.8 Å². The highest BCUT2D eigenvalue weighted by molar-refractivity contribution is 5.40. The van der Waals surface area contributed by atoms with Gasteiger partial charge < -0.3 is 15.4 Å². The van der Waals surface area contributed by atoms with Crippen LogP contribution < -0.4 is 15.4 Å². The number of aromatic nitrogens is 2. The molecule has 0 atom stereocenters. The van der Waals surface area contributed by atoms with E-state index in [1.54, 1.807) is 25.4 Å². The number of nitrogens with one attached hydrogen (secondary N) is 2. The minimum absolute atomic E-state index is 0.243. The summed E-state index contributed by atoms with van der Waals surface area (Å²) < 4.78 is 18.2. The van der Waals surface area contributed by atoms with Crippen molar-refractivity contribution in [2.45, 2.75) is 13.0 Å². The van der Waals surface area contributed by atoms with Crippen LogP contribution in [0.3, 0.4) is 0 Å². The Kier molecular flexibility index (Phi) is 5.98. The first-order valence-electron chi connectivity index (χ1n) is 8.41. The maximum Gasteiger partial charge on any atom is 0.224 e. The Morgan fingerprint density at radius 2 is 1.85 bits per heavy atom. The molecule has 5 nitrogen and oxygen atoms in total. The van der Waals surface area contributed by atoms with E-state index in [9.17, 15) is 4.39 Å². The summed E-state index contributed by atoms with van der Waals surface area (Å²) in [6.07, 6.45) is 2.56. The van der Waals surface area contributed by atoms with Crippen molar-refractivity contribution in [3.8, 4) is 5.75 Å². The third-order valence-corrected chi connectivity index (χ3v) is 3.87. The molecule has 0 aliphatic carbocycles. The lowest BCUT2D eigenvalue weighted by molar-refractivity contribution is 0.414. The van der Waals surface area contributed by atoms with Crippen LogP contribution in [0.25, 0.3) is 0 Å². The first-order valence-corrected chi connectivity index (χ1v) is 8.41. The van der Waals surface area contributed by atoms with Gasteiger partial charge in [-0.1, -0.05) is 24.3 Å². The fourth-order valence-corrected chi connectivity index (χ4v) is 2.49. The Labute approximate surface area is 152 Å². The van der Waals surface area contributed by atoms with Crippen molar-refractivity contribution in [1.82, 2.24) is 9.97 Å². The molecule has 3 rings (SSSR count). The summed E-state index contributed by atoms with van der Waals surface area (Å²) >= 11 is 0. The second-order valence-corrected chi connectivity index (χ2v) is 5.77. The Morgan fingerprint density at radius 1 is 1.00 bits per heavy atom. The van der Waals surface area contributed by atoms with Gasteiger partial charge in [0, 0.05) is 19.3 Å². The van der Waals surface area contributed by atoms with Crippen LogP contribution in [-0.2, 0) is 13.0 Å². The SMILES string of the molecule is COc1cccc(CCNc2ccnc(NCc3ccc(F)cc3)n2)c1. The number of benzene rings is 2. The maximum absolute atomic E-state index is 12.9. The largest absolute Gasteiger partial charge is 0.497 e. The van der Waals surface area contributed by atoms with Gasteiger partial charge in [-0.25, -0.2) is 9.37 Å².